The Kier molecular flexibility index (Phi) is 7.49. The topological polar surface area (TPSA) is 173 Å². The molecule has 0 saturated heterocycles. The first-order valence-corrected chi connectivity index (χ1v) is 14.6. The van der Waals surface area contributed by atoms with E-state index in [1.165, 1.54) is 24.3 Å². The molecule has 8 rings (SSSR count). The second-order valence-corrected chi connectivity index (χ2v) is 11.5. The molecule has 4 heterocycles. The van der Waals surface area contributed by atoms with E-state index < -0.39 is 98.9 Å². The Morgan fingerprint density at radius 3 is 0.849 bits per heavy atom. The summed E-state index contributed by atoms with van der Waals surface area (Å²) in [6.45, 7) is 0. The minimum absolute atomic E-state index is 0.182. The van der Waals surface area contributed by atoms with E-state index in [0.717, 1.165) is 0 Å². The van der Waals surface area contributed by atoms with E-state index in [1.54, 1.807) is 12.1 Å². The first-order chi connectivity index (χ1) is 24.8. The molecule has 0 bridgehead atoms. The summed E-state index contributed by atoms with van der Waals surface area (Å²) in [7, 11) is 0. The molecular weight excluding hydrogens is 726 g/mol. The predicted molar refractivity (Wildman–Crippen MR) is 157 cm³/mol. The van der Waals surface area contributed by atoms with Crippen LogP contribution in [-0.4, -0.2) is 60.1 Å². The number of esters is 8. The normalized spacial score (nSPS) is 15.9. The van der Waals surface area contributed by atoms with E-state index in [-0.39, 0.29) is 34.4 Å². The molecule has 0 radical (unpaired) electrons. The monoisotopic (exact) mass is 738 g/mol. The van der Waals surface area contributed by atoms with Gasteiger partial charge in [0.05, 0.1) is 44.5 Å². The van der Waals surface area contributed by atoms with Crippen molar-refractivity contribution >= 4 is 47.8 Å². The number of rotatable bonds is 3. The average Bonchev–Trinajstić information content (AvgIpc) is 3.75. The fourth-order valence-corrected chi connectivity index (χ4v) is 6.15. The minimum Gasteiger partial charge on any atom is -0.386 e. The van der Waals surface area contributed by atoms with Crippen molar-refractivity contribution in [1.29, 1.82) is 0 Å². The fourth-order valence-electron chi connectivity index (χ4n) is 6.15. The molecule has 18 heteroatoms. The highest BCUT2D eigenvalue weighted by molar-refractivity contribution is 6.17. The first-order valence-electron chi connectivity index (χ1n) is 14.6. The summed E-state index contributed by atoms with van der Waals surface area (Å²) < 4.78 is 103. The third-order valence-corrected chi connectivity index (χ3v) is 8.63. The Labute approximate surface area is 288 Å². The zero-order valence-electron chi connectivity index (χ0n) is 25.6. The number of ether oxygens (including phenoxy) is 4. The molecule has 0 aromatic heterocycles. The van der Waals surface area contributed by atoms with Gasteiger partial charge < -0.3 is 18.9 Å². The van der Waals surface area contributed by atoms with Gasteiger partial charge in [-0.05, 0) is 70.8 Å². The van der Waals surface area contributed by atoms with Gasteiger partial charge in [-0.15, -0.1) is 0 Å². The molecule has 0 fully saturated rings. The van der Waals surface area contributed by atoms with Crippen molar-refractivity contribution in [2.75, 3.05) is 0 Å². The van der Waals surface area contributed by atoms with Gasteiger partial charge in [0.15, 0.2) is 0 Å². The maximum atomic E-state index is 14.2. The van der Waals surface area contributed by atoms with E-state index in [2.05, 4.69) is 18.9 Å². The molecule has 4 aliphatic heterocycles. The van der Waals surface area contributed by atoms with E-state index in [1.807, 2.05) is 0 Å². The van der Waals surface area contributed by atoms with Gasteiger partial charge in [-0.3, -0.25) is 0 Å². The third-order valence-electron chi connectivity index (χ3n) is 8.63. The third kappa shape index (κ3) is 5.16. The summed E-state index contributed by atoms with van der Waals surface area (Å²) in [6.07, 6.45) is -12.0. The number of benzene rings is 4. The summed E-state index contributed by atoms with van der Waals surface area (Å²) in [5.41, 5.74) is -8.05. The Balaban J connectivity index is 0.000000173. The molecular formula is C35H12F6O12. The van der Waals surface area contributed by atoms with Crippen LogP contribution in [0.4, 0.5) is 26.3 Å². The fraction of sp³-hybridized carbons (Fsp3) is 0.0857. The van der Waals surface area contributed by atoms with Crippen molar-refractivity contribution in [3.05, 3.63) is 128 Å². The van der Waals surface area contributed by atoms with E-state index >= 15 is 0 Å². The van der Waals surface area contributed by atoms with Gasteiger partial charge in [-0.2, -0.15) is 26.3 Å². The van der Waals surface area contributed by atoms with Crippen LogP contribution in [0.15, 0.2) is 72.8 Å². The lowest BCUT2D eigenvalue weighted by atomic mass is 9.71. The van der Waals surface area contributed by atoms with Crippen LogP contribution < -0.4 is 0 Å². The lowest BCUT2D eigenvalue weighted by Gasteiger charge is -2.38. The molecule has 0 amide bonds. The van der Waals surface area contributed by atoms with Crippen LogP contribution in [-0.2, 0) is 24.4 Å². The summed E-state index contributed by atoms with van der Waals surface area (Å²) >= 11 is 0. The average molecular weight is 738 g/mol. The standard InChI is InChI=1S/C19H6F6O6.C16H6O6/c20-18(21,22)17(19(23,24)25,7-1-3-9-11(5-7)15(28)30-13(9)26)8-2-4-10-12(6-8)16(29)31-14(10)27;17-13-9-3-1-7(5-11(9)15(19)21-13)8-2-4-10-12(6-8)16(20)22-14(10)18/h1-6H;1-6H. The Bertz CT molecular complexity index is 2270. The van der Waals surface area contributed by atoms with Crippen LogP contribution in [0.2, 0.25) is 0 Å². The summed E-state index contributed by atoms with van der Waals surface area (Å²) in [4.78, 5) is 92.5. The van der Waals surface area contributed by atoms with Gasteiger partial charge >= 0.3 is 60.1 Å². The second kappa shape index (κ2) is 11.5. The van der Waals surface area contributed by atoms with Gasteiger partial charge in [0.25, 0.3) is 0 Å². The Hall–Kier alpha value is -6.98. The van der Waals surface area contributed by atoms with Gasteiger partial charge in [0.1, 0.15) is 0 Å². The molecule has 0 saturated carbocycles. The molecule has 53 heavy (non-hydrogen) atoms. The van der Waals surface area contributed by atoms with Gasteiger partial charge in [-0.25, -0.2) is 38.4 Å². The van der Waals surface area contributed by atoms with Crippen LogP contribution >= 0.6 is 0 Å². The van der Waals surface area contributed by atoms with Crippen molar-refractivity contribution in [3.63, 3.8) is 0 Å². The number of carbonyl (C=O) groups excluding carboxylic acids is 8. The number of cyclic esters (lactones) is 8. The largest absolute Gasteiger partial charge is 0.411 e. The van der Waals surface area contributed by atoms with Gasteiger partial charge in [0, 0.05) is 0 Å². The van der Waals surface area contributed by atoms with Crippen molar-refractivity contribution in [2.24, 2.45) is 0 Å². The number of halogens is 6. The lowest BCUT2D eigenvalue weighted by molar-refractivity contribution is -0.288. The molecule has 4 aliphatic rings. The maximum Gasteiger partial charge on any atom is 0.411 e. The SMILES string of the molecule is O=C1OC(=O)c2cc(-c3ccc4c(c3)C(=O)OC4=O)ccc21.O=C1OC(=O)c2cc(C(c3ccc4c(c3)C(=O)OC4=O)(C(F)(F)F)C(F)(F)F)ccc21. The molecule has 0 unspecified atom stereocenters. The number of carbonyl (C=O) groups is 8. The number of hydrogen-bond acceptors (Lipinski definition) is 12. The van der Waals surface area contributed by atoms with E-state index in [4.69, 9.17) is 0 Å². The molecule has 266 valence electrons. The summed E-state index contributed by atoms with van der Waals surface area (Å²) in [5.74, 6) is -7.96. The Morgan fingerprint density at radius 1 is 0.321 bits per heavy atom. The van der Waals surface area contributed by atoms with Crippen molar-refractivity contribution in [2.45, 2.75) is 17.8 Å². The first kappa shape index (κ1) is 34.5. The second-order valence-electron chi connectivity index (χ2n) is 11.5. The lowest BCUT2D eigenvalue weighted by Crippen LogP contribution is -2.55. The van der Waals surface area contributed by atoms with Crippen LogP contribution in [0.25, 0.3) is 11.1 Å². The predicted octanol–water partition coefficient (Wildman–Crippen LogP) is 5.69. The molecule has 0 N–H and O–H groups in total. The van der Waals surface area contributed by atoms with E-state index in [9.17, 15) is 64.7 Å². The molecule has 4 aromatic rings. The summed E-state index contributed by atoms with van der Waals surface area (Å²) in [6, 6.07) is 11.9. The van der Waals surface area contributed by atoms with Crippen LogP contribution in [0, 0.1) is 0 Å². The van der Waals surface area contributed by atoms with Crippen LogP contribution in [0.5, 0.6) is 0 Å². The zero-order valence-corrected chi connectivity index (χ0v) is 25.6. The highest BCUT2D eigenvalue weighted by Crippen LogP contribution is 2.57. The van der Waals surface area contributed by atoms with Crippen LogP contribution in [0.1, 0.15) is 94.0 Å². The quantitative estimate of drug-likeness (QED) is 0.109. The molecule has 12 nitrogen and oxygen atoms in total. The highest BCUT2D eigenvalue weighted by Gasteiger charge is 2.73. The highest BCUT2D eigenvalue weighted by atomic mass is 19.4. The smallest absolute Gasteiger partial charge is 0.386 e. The van der Waals surface area contributed by atoms with Gasteiger partial charge in [-0.1, -0.05) is 24.3 Å². The van der Waals surface area contributed by atoms with E-state index in [0.29, 0.717) is 35.4 Å². The molecule has 0 aliphatic carbocycles. The maximum absolute atomic E-state index is 14.2. The number of hydrogen-bond donors (Lipinski definition) is 0. The van der Waals surface area contributed by atoms with Crippen LogP contribution in [0.3, 0.4) is 0 Å². The summed E-state index contributed by atoms with van der Waals surface area (Å²) in [5, 5.41) is 0. The minimum atomic E-state index is -6.02. The van der Waals surface area contributed by atoms with Crippen molar-refractivity contribution in [1.82, 2.24) is 0 Å². The number of alkyl halides is 6. The number of fused-ring (bicyclic) bond motifs is 4. The zero-order chi connectivity index (χ0) is 38.4. The van der Waals surface area contributed by atoms with Crippen molar-refractivity contribution < 1.29 is 83.6 Å². The Morgan fingerprint density at radius 2 is 0.566 bits per heavy atom. The molecule has 0 atom stereocenters. The van der Waals surface area contributed by atoms with Crippen molar-refractivity contribution in [3.8, 4) is 11.1 Å². The molecule has 4 aromatic carbocycles. The van der Waals surface area contributed by atoms with Gasteiger partial charge in [0.2, 0.25) is 5.41 Å². The molecule has 0 spiro atoms.